The highest BCUT2D eigenvalue weighted by Gasteiger charge is 2.06. The highest BCUT2D eigenvalue weighted by molar-refractivity contribution is 5.40. The first-order valence-corrected chi connectivity index (χ1v) is 6.07. The Morgan fingerprint density at radius 2 is 2.21 bits per heavy atom. The molecule has 2 rings (SSSR count). The number of ether oxygens (including phenoxy) is 1. The lowest BCUT2D eigenvalue weighted by atomic mass is 10.2. The van der Waals surface area contributed by atoms with E-state index in [2.05, 4.69) is 20.3 Å². The van der Waals surface area contributed by atoms with Crippen LogP contribution >= 0.6 is 0 Å². The van der Waals surface area contributed by atoms with Gasteiger partial charge in [0.2, 0.25) is 5.88 Å². The number of anilines is 2. The van der Waals surface area contributed by atoms with Crippen LogP contribution in [-0.4, -0.2) is 21.1 Å². The number of nitrogens with one attached hydrogen (secondary N) is 1. The Balaban J connectivity index is 2.07. The van der Waals surface area contributed by atoms with Gasteiger partial charge in [-0.1, -0.05) is 6.07 Å². The third kappa shape index (κ3) is 3.80. The molecule has 0 aromatic carbocycles. The number of nitrogens with two attached hydrogens (primary N) is 1. The van der Waals surface area contributed by atoms with Crippen molar-refractivity contribution in [3.05, 3.63) is 36.3 Å². The Kier molecular flexibility index (Phi) is 4.12. The maximum atomic E-state index is 5.65. The fourth-order valence-electron chi connectivity index (χ4n) is 1.54. The molecule has 0 spiro atoms. The van der Waals surface area contributed by atoms with Crippen LogP contribution in [0.2, 0.25) is 0 Å². The highest BCUT2D eigenvalue weighted by Crippen LogP contribution is 2.17. The number of rotatable bonds is 5. The van der Waals surface area contributed by atoms with Crippen LogP contribution < -0.4 is 15.8 Å². The molecule has 6 heteroatoms. The first-order valence-electron chi connectivity index (χ1n) is 6.07. The van der Waals surface area contributed by atoms with E-state index in [9.17, 15) is 0 Å². The van der Waals surface area contributed by atoms with E-state index >= 15 is 0 Å². The summed E-state index contributed by atoms with van der Waals surface area (Å²) in [6.07, 6.45) is 4.92. The summed E-state index contributed by atoms with van der Waals surface area (Å²) in [6.45, 7) is 4.48. The number of hydrogen-bond acceptors (Lipinski definition) is 6. The van der Waals surface area contributed by atoms with Crippen LogP contribution in [-0.2, 0) is 6.54 Å². The Morgan fingerprint density at radius 1 is 1.37 bits per heavy atom. The summed E-state index contributed by atoms with van der Waals surface area (Å²) in [5.74, 6) is 1.64. The van der Waals surface area contributed by atoms with Crippen LogP contribution in [0.1, 0.15) is 19.4 Å². The SMILES string of the molecule is CC(C)Oc1ncccc1CNc1cncc(N)n1. The van der Waals surface area contributed by atoms with Crippen molar-refractivity contribution in [2.75, 3.05) is 11.1 Å². The number of pyridine rings is 1. The van der Waals surface area contributed by atoms with E-state index in [1.165, 1.54) is 6.20 Å². The lowest BCUT2D eigenvalue weighted by Crippen LogP contribution is -2.11. The van der Waals surface area contributed by atoms with E-state index < -0.39 is 0 Å². The third-order valence-corrected chi connectivity index (χ3v) is 2.31. The first-order chi connectivity index (χ1) is 9.15. The summed E-state index contributed by atoms with van der Waals surface area (Å²) in [6, 6.07) is 3.83. The van der Waals surface area contributed by atoms with Crippen molar-refractivity contribution in [3.8, 4) is 5.88 Å². The van der Waals surface area contributed by atoms with E-state index in [1.807, 2.05) is 26.0 Å². The molecule has 0 saturated carbocycles. The molecular weight excluding hydrogens is 242 g/mol. The molecule has 0 saturated heterocycles. The van der Waals surface area contributed by atoms with Gasteiger partial charge in [0.25, 0.3) is 0 Å². The first kappa shape index (κ1) is 13.1. The lowest BCUT2D eigenvalue weighted by molar-refractivity contribution is 0.230. The molecule has 100 valence electrons. The summed E-state index contributed by atoms with van der Waals surface area (Å²) in [5.41, 5.74) is 6.53. The molecule has 19 heavy (non-hydrogen) atoms. The molecule has 0 aliphatic heterocycles. The van der Waals surface area contributed by atoms with Crippen molar-refractivity contribution in [2.24, 2.45) is 0 Å². The van der Waals surface area contributed by atoms with Gasteiger partial charge in [-0.05, 0) is 19.9 Å². The molecular formula is C13H17N5O. The summed E-state index contributed by atoms with van der Waals surface area (Å²) >= 11 is 0. The number of nitrogen functional groups attached to an aromatic ring is 1. The molecule has 0 bridgehead atoms. The van der Waals surface area contributed by atoms with Gasteiger partial charge in [-0.15, -0.1) is 0 Å². The smallest absolute Gasteiger partial charge is 0.218 e. The maximum Gasteiger partial charge on any atom is 0.218 e. The van der Waals surface area contributed by atoms with Crippen molar-refractivity contribution < 1.29 is 4.74 Å². The second kappa shape index (κ2) is 5.99. The van der Waals surface area contributed by atoms with Crippen molar-refractivity contribution in [1.82, 2.24) is 15.0 Å². The average molecular weight is 259 g/mol. The van der Waals surface area contributed by atoms with Gasteiger partial charge < -0.3 is 15.8 Å². The monoisotopic (exact) mass is 259 g/mol. The largest absolute Gasteiger partial charge is 0.475 e. The summed E-state index contributed by atoms with van der Waals surface area (Å²) in [5, 5.41) is 3.14. The van der Waals surface area contributed by atoms with E-state index in [0.717, 1.165) is 5.56 Å². The Morgan fingerprint density at radius 3 is 2.95 bits per heavy atom. The van der Waals surface area contributed by atoms with Gasteiger partial charge in [0, 0.05) is 18.3 Å². The van der Waals surface area contributed by atoms with Gasteiger partial charge in [-0.25, -0.2) is 9.97 Å². The average Bonchev–Trinajstić information content (AvgIpc) is 2.37. The van der Waals surface area contributed by atoms with Crippen LogP contribution in [0.15, 0.2) is 30.7 Å². The fourth-order valence-corrected chi connectivity index (χ4v) is 1.54. The Bertz CT molecular complexity index is 544. The van der Waals surface area contributed by atoms with Crippen LogP contribution in [0.4, 0.5) is 11.6 Å². The Labute approximate surface area is 112 Å². The molecule has 0 atom stereocenters. The van der Waals surface area contributed by atoms with Crippen LogP contribution in [0.25, 0.3) is 0 Å². The summed E-state index contributed by atoms with van der Waals surface area (Å²) < 4.78 is 5.65. The molecule has 0 aliphatic rings. The topological polar surface area (TPSA) is 86.0 Å². The molecule has 0 radical (unpaired) electrons. The van der Waals surface area contributed by atoms with Crippen LogP contribution in [0, 0.1) is 0 Å². The number of hydrogen-bond donors (Lipinski definition) is 2. The van der Waals surface area contributed by atoms with E-state index in [-0.39, 0.29) is 6.10 Å². The van der Waals surface area contributed by atoms with Crippen LogP contribution in [0.5, 0.6) is 5.88 Å². The molecule has 0 amide bonds. The minimum Gasteiger partial charge on any atom is -0.475 e. The van der Waals surface area contributed by atoms with Gasteiger partial charge in [-0.3, -0.25) is 4.98 Å². The minimum absolute atomic E-state index is 0.0841. The van der Waals surface area contributed by atoms with E-state index in [4.69, 9.17) is 10.5 Å². The normalized spacial score (nSPS) is 10.5. The lowest BCUT2D eigenvalue weighted by Gasteiger charge is -2.13. The van der Waals surface area contributed by atoms with E-state index in [0.29, 0.717) is 24.1 Å². The predicted molar refractivity (Wildman–Crippen MR) is 73.8 cm³/mol. The number of nitrogens with zero attached hydrogens (tertiary/aromatic N) is 3. The van der Waals surface area contributed by atoms with Crippen molar-refractivity contribution in [2.45, 2.75) is 26.5 Å². The molecule has 0 fully saturated rings. The third-order valence-electron chi connectivity index (χ3n) is 2.31. The van der Waals surface area contributed by atoms with Crippen molar-refractivity contribution >= 4 is 11.6 Å². The zero-order valence-corrected chi connectivity index (χ0v) is 11.0. The Hall–Kier alpha value is -2.37. The molecule has 2 aromatic heterocycles. The quantitative estimate of drug-likeness (QED) is 0.852. The summed E-state index contributed by atoms with van der Waals surface area (Å²) in [7, 11) is 0. The van der Waals surface area contributed by atoms with Gasteiger partial charge in [-0.2, -0.15) is 0 Å². The molecule has 2 heterocycles. The van der Waals surface area contributed by atoms with Gasteiger partial charge in [0.15, 0.2) is 0 Å². The maximum absolute atomic E-state index is 5.65. The van der Waals surface area contributed by atoms with Gasteiger partial charge in [0.1, 0.15) is 11.6 Å². The minimum atomic E-state index is 0.0841. The van der Waals surface area contributed by atoms with E-state index in [1.54, 1.807) is 12.4 Å². The molecule has 2 aromatic rings. The second-order valence-electron chi connectivity index (χ2n) is 4.32. The molecule has 0 aliphatic carbocycles. The molecule has 0 unspecified atom stereocenters. The highest BCUT2D eigenvalue weighted by atomic mass is 16.5. The summed E-state index contributed by atoms with van der Waals surface area (Å²) in [4.78, 5) is 12.3. The predicted octanol–water partition coefficient (Wildman–Crippen LogP) is 1.85. The zero-order valence-electron chi connectivity index (χ0n) is 11.0. The second-order valence-corrected chi connectivity index (χ2v) is 4.32. The van der Waals surface area contributed by atoms with Gasteiger partial charge in [0.05, 0.1) is 18.5 Å². The number of aromatic nitrogens is 3. The van der Waals surface area contributed by atoms with Crippen molar-refractivity contribution in [1.29, 1.82) is 0 Å². The van der Waals surface area contributed by atoms with Crippen molar-refractivity contribution in [3.63, 3.8) is 0 Å². The molecule has 6 nitrogen and oxygen atoms in total. The standard InChI is InChI=1S/C13H17N5O/c1-9(2)19-13-10(4-3-5-16-13)6-17-12-8-15-7-11(14)18-12/h3-5,7-9H,6H2,1-2H3,(H3,14,17,18). The fraction of sp³-hybridized carbons (Fsp3) is 0.308. The zero-order chi connectivity index (χ0) is 13.7. The molecule has 3 N–H and O–H groups in total. The van der Waals surface area contributed by atoms with Gasteiger partial charge >= 0.3 is 0 Å². The van der Waals surface area contributed by atoms with Crippen LogP contribution in [0.3, 0.4) is 0 Å².